The molecule has 0 unspecified atom stereocenters. The van der Waals surface area contributed by atoms with Crippen LogP contribution in [-0.4, -0.2) is 50.5 Å². The second-order valence-corrected chi connectivity index (χ2v) is 5.84. The Labute approximate surface area is 137 Å². The van der Waals surface area contributed by atoms with Gasteiger partial charge in [-0.15, -0.1) is 0 Å². The molecule has 1 aromatic carbocycles. The van der Waals surface area contributed by atoms with Crippen LogP contribution in [0.4, 0.5) is 0 Å². The number of benzene rings is 1. The molecular formula is C16H24N2O3S. The molecule has 22 heavy (non-hydrogen) atoms. The Kier molecular flexibility index (Phi) is 5.85. The molecule has 0 fully saturated rings. The summed E-state index contributed by atoms with van der Waals surface area (Å²) in [4.78, 5) is 2.18. The molecule has 1 atom stereocenters. The molecule has 0 spiro atoms. The maximum atomic E-state index is 5.51. The number of rotatable bonds is 5. The summed E-state index contributed by atoms with van der Waals surface area (Å²) in [5, 5.41) is 4.08. The Hall–Kier alpha value is -1.53. The second kappa shape index (κ2) is 7.65. The summed E-state index contributed by atoms with van der Waals surface area (Å²) in [6.45, 7) is 4.37. The molecule has 5 nitrogen and oxygen atoms in total. The average molecular weight is 324 g/mol. The quantitative estimate of drug-likeness (QED) is 0.836. The van der Waals surface area contributed by atoms with Crippen molar-refractivity contribution in [1.29, 1.82) is 0 Å². The zero-order chi connectivity index (χ0) is 16.1. The first kappa shape index (κ1) is 16.8. The Morgan fingerprint density at radius 1 is 1.23 bits per heavy atom. The van der Waals surface area contributed by atoms with E-state index in [1.54, 1.807) is 21.3 Å². The molecule has 1 aromatic rings. The molecule has 122 valence electrons. The molecule has 1 aliphatic heterocycles. The van der Waals surface area contributed by atoms with E-state index in [-0.39, 0.29) is 6.04 Å². The number of nitrogens with one attached hydrogen (secondary N) is 1. The van der Waals surface area contributed by atoms with E-state index in [1.165, 1.54) is 11.1 Å². The van der Waals surface area contributed by atoms with E-state index in [1.807, 2.05) is 6.07 Å². The zero-order valence-electron chi connectivity index (χ0n) is 13.6. The van der Waals surface area contributed by atoms with Gasteiger partial charge in [0.15, 0.2) is 16.6 Å². The number of thiocarbonyl (C=S) groups is 1. The van der Waals surface area contributed by atoms with Gasteiger partial charge in [-0.1, -0.05) is 0 Å². The minimum absolute atomic E-state index is 0.198. The number of methoxy groups -OCH3 is 3. The molecule has 0 aliphatic carbocycles. The summed E-state index contributed by atoms with van der Waals surface area (Å²) in [6.07, 6.45) is 0.941. The standard InChI is InChI=1S/C16H24N2O3S/c1-11(10-19-2)17-16(22)18-6-5-12-7-14(20-3)15(21-4)8-13(12)9-18/h7-8,11H,5-6,9-10H2,1-4H3,(H,17,22)/t11-/m0/s1. The molecule has 0 amide bonds. The van der Waals surface area contributed by atoms with Crippen molar-refractivity contribution in [3.05, 3.63) is 23.3 Å². The predicted octanol–water partition coefficient (Wildman–Crippen LogP) is 1.97. The van der Waals surface area contributed by atoms with Crippen molar-refractivity contribution < 1.29 is 14.2 Å². The number of hydrogen-bond acceptors (Lipinski definition) is 4. The number of ether oxygens (including phenoxy) is 3. The molecule has 1 aliphatic rings. The molecule has 2 rings (SSSR count). The summed E-state index contributed by atoms with van der Waals surface area (Å²) in [7, 11) is 5.01. The lowest BCUT2D eigenvalue weighted by atomic mass is 9.99. The summed E-state index contributed by atoms with van der Waals surface area (Å²) in [5.41, 5.74) is 2.52. The van der Waals surface area contributed by atoms with Crippen molar-refractivity contribution in [3.8, 4) is 11.5 Å². The first-order valence-corrected chi connectivity index (χ1v) is 7.78. The lowest BCUT2D eigenvalue weighted by Crippen LogP contribution is -2.46. The van der Waals surface area contributed by atoms with Gasteiger partial charge in [0.25, 0.3) is 0 Å². The van der Waals surface area contributed by atoms with Crippen molar-refractivity contribution in [2.45, 2.75) is 25.9 Å². The Morgan fingerprint density at radius 2 is 1.86 bits per heavy atom. The first-order chi connectivity index (χ1) is 10.6. The predicted molar refractivity (Wildman–Crippen MR) is 90.7 cm³/mol. The van der Waals surface area contributed by atoms with Crippen LogP contribution in [0.2, 0.25) is 0 Å². The number of fused-ring (bicyclic) bond motifs is 1. The van der Waals surface area contributed by atoms with Crippen molar-refractivity contribution in [1.82, 2.24) is 10.2 Å². The van der Waals surface area contributed by atoms with Gasteiger partial charge in [-0.2, -0.15) is 0 Å². The van der Waals surface area contributed by atoms with E-state index >= 15 is 0 Å². The highest BCUT2D eigenvalue weighted by Gasteiger charge is 2.21. The highest BCUT2D eigenvalue weighted by molar-refractivity contribution is 7.80. The SMILES string of the molecule is COC[C@H](C)NC(=S)N1CCc2cc(OC)c(OC)cc2C1. The first-order valence-electron chi connectivity index (χ1n) is 7.37. The fraction of sp³-hybridized carbons (Fsp3) is 0.562. The smallest absolute Gasteiger partial charge is 0.169 e. The van der Waals surface area contributed by atoms with Gasteiger partial charge in [-0.05, 0) is 48.8 Å². The number of hydrogen-bond donors (Lipinski definition) is 1. The lowest BCUT2D eigenvalue weighted by Gasteiger charge is -2.32. The van der Waals surface area contributed by atoms with Crippen LogP contribution in [0.5, 0.6) is 11.5 Å². The molecule has 0 radical (unpaired) electrons. The fourth-order valence-electron chi connectivity index (χ4n) is 2.65. The van der Waals surface area contributed by atoms with Gasteiger partial charge in [0.1, 0.15) is 0 Å². The van der Waals surface area contributed by atoms with Crippen LogP contribution >= 0.6 is 12.2 Å². The van der Waals surface area contributed by atoms with E-state index in [4.69, 9.17) is 26.4 Å². The highest BCUT2D eigenvalue weighted by Crippen LogP contribution is 2.33. The normalized spacial score (nSPS) is 15.0. The molecule has 1 N–H and O–H groups in total. The summed E-state index contributed by atoms with van der Waals surface area (Å²) in [5.74, 6) is 1.54. The van der Waals surface area contributed by atoms with Gasteiger partial charge < -0.3 is 24.4 Å². The van der Waals surface area contributed by atoms with Gasteiger partial charge in [0, 0.05) is 26.2 Å². The van der Waals surface area contributed by atoms with Gasteiger partial charge in [-0.3, -0.25) is 0 Å². The van der Waals surface area contributed by atoms with Crippen LogP contribution in [0.15, 0.2) is 12.1 Å². The maximum absolute atomic E-state index is 5.51. The molecular weight excluding hydrogens is 300 g/mol. The summed E-state index contributed by atoms with van der Waals surface area (Å²) in [6, 6.07) is 4.31. The monoisotopic (exact) mass is 324 g/mol. The average Bonchev–Trinajstić information content (AvgIpc) is 2.52. The molecule has 6 heteroatoms. The van der Waals surface area contributed by atoms with Crippen LogP contribution in [0, 0.1) is 0 Å². The van der Waals surface area contributed by atoms with E-state index < -0.39 is 0 Å². The minimum Gasteiger partial charge on any atom is -0.493 e. The van der Waals surface area contributed by atoms with Crippen LogP contribution in [-0.2, 0) is 17.7 Å². The third kappa shape index (κ3) is 3.81. The Morgan fingerprint density at radius 3 is 2.45 bits per heavy atom. The zero-order valence-corrected chi connectivity index (χ0v) is 14.5. The van der Waals surface area contributed by atoms with Crippen LogP contribution in [0.1, 0.15) is 18.1 Å². The van der Waals surface area contributed by atoms with Crippen molar-refractivity contribution in [2.24, 2.45) is 0 Å². The van der Waals surface area contributed by atoms with Crippen molar-refractivity contribution in [3.63, 3.8) is 0 Å². The molecule has 0 aromatic heterocycles. The van der Waals surface area contributed by atoms with Gasteiger partial charge in [-0.25, -0.2) is 0 Å². The van der Waals surface area contributed by atoms with E-state index in [0.717, 1.165) is 36.1 Å². The Balaban J connectivity index is 2.09. The third-order valence-corrected chi connectivity index (χ3v) is 4.17. The van der Waals surface area contributed by atoms with E-state index in [9.17, 15) is 0 Å². The minimum atomic E-state index is 0.198. The van der Waals surface area contributed by atoms with Crippen LogP contribution < -0.4 is 14.8 Å². The molecule has 0 bridgehead atoms. The van der Waals surface area contributed by atoms with E-state index in [2.05, 4.69) is 23.2 Å². The maximum Gasteiger partial charge on any atom is 0.169 e. The largest absolute Gasteiger partial charge is 0.493 e. The second-order valence-electron chi connectivity index (χ2n) is 5.45. The molecule has 1 heterocycles. The number of nitrogens with zero attached hydrogens (tertiary/aromatic N) is 1. The fourth-order valence-corrected chi connectivity index (χ4v) is 3.01. The third-order valence-electron chi connectivity index (χ3n) is 3.79. The van der Waals surface area contributed by atoms with Crippen LogP contribution in [0.3, 0.4) is 0 Å². The molecule has 0 saturated heterocycles. The van der Waals surface area contributed by atoms with Gasteiger partial charge in [0.2, 0.25) is 0 Å². The van der Waals surface area contributed by atoms with Crippen molar-refractivity contribution in [2.75, 3.05) is 34.5 Å². The highest BCUT2D eigenvalue weighted by atomic mass is 32.1. The van der Waals surface area contributed by atoms with Gasteiger partial charge in [0.05, 0.1) is 20.8 Å². The molecule has 0 saturated carbocycles. The van der Waals surface area contributed by atoms with Gasteiger partial charge >= 0.3 is 0 Å². The van der Waals surface area contributed by atoms with E-state index in [0.29, 0.717) is 6.61 Å². The summed E-state index contributed by atoms with van der Waals surface area (Å²) < 4.78 is 15.9. The Bertz CT molecular complexity index is 536. The van der Waals surface area contributed by atoms with Crippen molar-refractivity contribution >= 4 is 17.3 Å². The topological polar surface area (TPSA) is 43.0 Å². The van der Waals surface area contributed by atoms with Crippen LogP contribution in [0.25, 0.3) is 0 Å². The summed E-state index contributed by atoms with van der Waals surface area (Å²) >= 11 is 5.51. The lowest BCUT2D eigenvalue weighted by molar-refractivity contribution is 0.177.